The highest BCUT2D eigenvalue weighted by Crippen LogP contribution is 2.29. The lowest BCUT2D eigenvalue weighted by Gasteiger charge is -2.15. The van der Waals surface area contributed by atoms with Gasteiger partial charge in [-0.05, 0) is 49.7 Å². The van der Waals surface area contributed by atoms with Gasteiger partial charge in [-0.2, -0.15) is 0 Å². The van der Waals surface area contributed by atoms with E-state index < -0.39 is 15.1 Å². The van der Waals surface area contributed by atoms with Crippen molar-refractivity contribution in [1.82, 2.24) is 15.0 Å². The van der Waals surface area contributed by atoms with Gasteiger partial charge in [0, 0.05) is 18.3 Å². The summed E-state index contributed by atoms with van der Waals surface area (Å²) in [6, 6.07) is 16.3. The molecule has 0 bridgehead atoms. The van der Waals surface area contributed by atoms with Crippen molar-refractivity contribution in [3.05, 3.63) is 72.2 Å². The second-order valence-corrected chi connectivity index (χ2v) is 9.84. The smallest absolute Gasteiger partial charge is 0.182 e. The number of fused-ring (bicyclic) bond motifs is 1. The number of nitrogen functional groups attached to an aromatic ring is 1. The molecular formula is C22H23N5O2S. The number of aromatic amines is 1. The summed E-state index contributed by atoms with van der Waals surface area (Å²) in [5.41, 5.74) is 9.50. The number of hydrogen-bond acceptors (Lipinski definition) is 6. The highest BCUT2D eigenvalue weighted by molar-refractivity contribution is 7.92. The molecule has 154 valence electrons. The summed E-state index contributed by atoms with van der Waals surface area (Å²) < 4.78 is 25.6. The third-order valence-corrected chi connectivity index (χ3v) is 7.04. The van der Waals surface area contributed by atoms with E-state index in [4.69, 9.17) is 5.73 Å². The number of benzene rings is 2. The monoisotopic (exact) mass is 421 g/mol. The van der Waals surface area contributed by atoms with Crippen molar-refractivity contribution >= 4 is 38.1 Å². The average Bonchev–Trinajstić information content (AvgIpc) is 3.17. The number of anilines is 3. The maximum absolute atomic E-state index is 12.8. The summed E-state index contributed by atoms with van der Waals surface area (Å²) in [5, 5.41) is 2.68. The lowest BCUT2D eigenvalue weighted by atomic mass is 10.1. The Balaban J connectivity index is 1.76. The first-order valence-corrected chi connectivity index (χ1v) is 11.2. The van der Waals surface area contributed by atoms with Gasteiger partial charge in [-0.25, -0.2) is 18.4 Å². The molecule has 0 saturated heterocycles. The molecule has 0 spiro atoms. The van der Waals surface area contributed by atoms with Crippen LogP contribution in [0.3, 0.4) is 0 Å². The van der Waals surface area contributed by atoms with E-state index >= 15 is 0 Å². The van der Waals surface area contributed by atoms with Gasteiger partial charge in [0.25, 0.3) is 0 Å². The first-order chi connectivity index (χ1) is 14.3. The number of nitrogens with one attached hydrogen (secondary N) is 2. The predicted octanol–water partition coefficient (Wildman–Crippen LogP) is 4.06. The molecule has 30 heavy (non-hydrogen) atoms. The Kier molecular flexibility index (Phi) is 5.17. The average molecular weight is 422 g/mol. The van der Waals surface area contributed by atoms with Gasteiger partial charge < -0.3 is 16.0 Å². The fourth-order valence-corrected chi connectivity index (χ4v) is 4.45. The zero-order chi connectivity index (χ0) is 21.3. The molecule has 2 aromatic heterocycles. The fourth-order valence-electron chi connectivity index (χ4n) is 3.25. The first-order valence-electron chi connectivity index (χ1n) is 9.63. The van der Waals surface area contributed by atoms with Gasteiger partial charge in [0.05, 0.1) is 21.3 Å². The second kappa shape index (κ2) is 7.79. The van der Waals surface area contributed by atoms with Crippen molar-refractivity contribution < 1.29 is 8.42 Å². The third kappa shape index (κ3) is 3.86. The van der Waals surface area contributed by atoms with Crippen molar-refractivity contribution in [1.29, 1.82) is 0 Å². The van der Waals surface area contributed by atoms with Gasteiger partial charge in [0.2, 0.25) is 0 Å². The highest BCUT2D eigenvalue weighted by atomic mass is 32.2. The Morgan fingerprint density at radius 3 is 2.63 bits per heavy atom. The number of H-pyrrole nitrogens is 1. The number of sulfone groups is 1. The molecular weight excluding hydrogens is 398 g/mol. The molecule has 2 heterocycles. The van der Waals surface area contributed by atoms with E-state index in [1.807, 2.05) is 30.3 Å². The van der Waals surface area contributed by atoms with Crippen LogP contribution in [0.25, 0.3) is 11.0 Å². The second-order valence-electron chi connectivity index (χ2n) is 7.36. The summed E-state index contributed by atoms with van der Waals surface area (Å²) in [6.07, 6.45) is 2.29. The van der Waals surface area contributed by atoms with Gasteiger partial charge >= 0.3 is 0 Å². The Labute approximate surface area is 175 Å². The SMILES string of the molecule is CC(C)S(=O)(=O)c1ccccc1Nc1nc(Cc2cccc(N)c2)nc2cc[nH]c12. The van der Waals surface area contributed by atoms with Crippen LogP contribution in [-0.2, 0) is 16.3 Å². The molecule has 8 heteroatoms. The molecule has 0 fully saturated rings. The summed E-state index contributed by atoms with van der Waals surface area (Å²) in [4.78, 5) is 12.7. The summed E-state index contributed by atoms with van der Waals surface area (Å²) in [6.45, 7) is 3.34. The van der Waals surface area contributed by atoms with Crippen LogP contribution in [0, 0.1) is 0 Å². The van der Waals surface area contributed by atoms with Gasteiger partial charge in [-0.15, -0.1) is 0 Å². The summed E-state index contributed by atoms with van der Waals surface area (Å²) in [7, 11) is -3.46. The fraction of sp³-hybridized carbons (Fsp3) is 0.182. The van der Waals surface area contributed by atoms with Gasteiger partial charge in [0.15, 0.2) is 15.7 Å². The minimum atomic E-state index is -3.46. The molecule has 0 atom stereocenters. The van der Waals surface area contributed by atoms with Crippen LogP contribution in [0.5, 0.6) is 0 Å². The zero-order valence-electron chi connectivity index (χ0n) is 16.8. The van der Waals surface area contributed by atoms with Gasteiger partial charge in [-0.1, -0.05) is 24.3 Å². The Hall–Kier alpha value is -3.39. The molecule has 4 aromatic rings. The van der Waals surface area contributed by atoms with Crippen molar-refractivity contribution in [3.63, 3.8) is 0 Å². The van der Waals surface area contributed by atoms with Crippen molar-refractivity contribution in [2.24, 2.45) is 0 Å². The van der Waals surface area contributed by atoms with Crippen LogP contribution in [0.1, 0.15) is 25.2 Å². The maximum Gasteiger partial charge on any atom is 0.182 e. The van der Waals surface area contributed by atoms with E-state index in [1.165, 1.54) is 0 Å². The van der Waals surface area contributed by atoms with Crippen LogP contribution in [0.15, 0.2) is 65.7 Å². The molecule has 4 N–H and O–H groups in total. The number of aromatic nitrogens is 3. The molecule has 0 aliphatic heterocycles. The first kappa shape index (κ1) is 19.9. The van der Waals surface area contributed by atoms with Crippen LogP contribution in [-0.4, -0.2) is 28.6 Å². The molecule has 2 aromatic carbocycles. The van der Waals surface area contributed by atoms with Crippen molar-refractivity contribution in [3.8, 4) is 0 Å². The Morgan fingerprint density at radius 1 is 1.07 bits per heavy atom. The largest absolute Gasteiger partial charge is 0.399 e. The topological polar surface area (TPSA) is 114 Å². The quantitative estimate of drug-likeness (QED) is 0.405. The van der Waals surface area contributed by atoms with Crippen LogP contribution in [0.4, 0.5) is 17.2 Å². The molecule has 0 aliphatic carbocycles. The number of hydrogen-bond donors (Lipinski definition) is 3. The Morgan fingerprint density at radius 2 is 1.87 bits per heavy atom. The van der Waals surface area contributed by atoms with E-state index in [-0.39, 0.29) is 4.90 Å². The molecule has 0 radical (unpaired) electrons. The van der Waals surface area contributed by atoms with Crippen LogP contribution < -0.4 is 11.1 Å². The van der Waals surface area contributed by atoms with E-state index in [2.05, 4.69) is 20.3 Å². The number of nitrogens with two attached hydrogens (primary N) is 1. The van der Waals surface area contributed by atoms with Gasteiger partial charge in [0.1, 0.15) is 11.3 Å². The van der Waals surface area contributed by atoms with E-state index in [0.29, 0.717) is 35.0 Å². The lowest BCUT2D eigenvalue weighted by Crippen LogP contribution is -2.15. The molecule has 0 aliphatic rings. The minimum Gasteiger partial charge on any atom is -0.399 e. The molecule has 0 unspecified atom stereocenters. The predicted molar refractivity (Wildman–Crippen MR) is 120 cm³/mol. The molecule has 4 rings (SSSR count). The van der Waals surface area contributed by atoms with Crippen molar-refractivity contribution in [2.45, 2.75) is 30.4 Å². The minimum absolute atomic E-state index is 0.246. The Bertz CT molecular complexity index is 1310. The summed E-state index contributed by atoms with van der Waals surface area (Å²) >= 11 is 0. The van der Waals surface area contributed by atoms with Crippen LogP contribution in [0.2, 0.25) is 0 Å². The number of para-hydroxylation sites is 1. The van der Waals surface area contributed by atoms with Crippen LogP contribution >= 0.6 is 0 Å². The summed E-state index contributed by atoms with van der Waals surface area (Å²) in [5.74, 6) is 1.13. The number of nitrogens with zero attached hydrogens (tertiary/aromatic N) is 2. The van der Waals surface area contributed by atoms with E-state index in [9.17, 15) is 8.42 Å². The zero-order valence-corrected chi connectivity index (χ0v) is 17.6. The molecule has 0 amide bonds. The van der Waals surface area contributed by atoms with E-state index in [1.54, 1.807) is 44.3 Å². The third-order valence-electron chi connectivity index (χ3n) is 4.83. The molecule has 7 nitrogen and oxygen atoms in total. The standard InChI is InChI=1S/C22H23N5O2S/c1-14(2)30(28,29)19-9-4-3-8-17(19)26-22-21-18(10-11-24-21)25-20(27-22)13-15-6-5-7-16(23)12-15/h3-12,14,24H,13,23H2,1-2H3,(H,25,26,27). The van der Waals surface area contributed by atoms with E-state index in [0.717, 1.165) is 11.1 Å². The van der Waals surface area contributed by atoms with Gasteiger partial charge in [-0.3, -0.25) is 0 Å². The maximum atomic E-state index is 12.8. The normalized spacial score (nSPS) is 11.8. The van der Waals surface area contributed by atoms with Crippen molar-refractivity contribution in [2.75, 3.05) is 11.1 Å². The molecule has 0 saturated carbocycles. The lowest BCUT2D eigenvalue weighted by molar-refractivity contribution is 0.588. The number of rotatable bonds is 6. The highest BCUT2D eigenvalue weighted by Gasteiger charge is 2.23.